The molecule has 1 unspecified atom stereocenters. The third kappa shape index (κ3) is 4.40. The Balaban J connectivity index is 2.46. The van der Waals surface area contributed by atoms with E-state index in [-0.39, 0.29) is 12.1 Å². The number of carboxylic acid groups (broad SMARTS) is 1. The summed E-state index contributed by atoms with van der Waals surface area (Å²) in [6.45, 7) is 0. The molecule has 104 valence electrons. The van der Waals surface area contributed by atoms with Gasteiger partial charge in [0.2, 0.25) is 0 Å². The van der Waals surface area contributed by atoms with E-state index in [2.05, 4.69) is 5.32 Å². The molecule has 1 rings (SSSR count). The number of carboxylic acids is 1. The molecule has 0 aliphatic heterocycles. The number of thioether (sulfide) groups is 1. The van der Waals surface area contributed by atoms with E-state index in [1.165, 1.54) is 0 Å². The van der Waals surface area contributed by atoms with Gasteiger partial charge >= 0.3 is 12.0 Å². The van der Waals surface area contributed by atoms with Crippen LogP contribution in [0.4, 0.5) is 4.79 Å². The molecule has 0 bridgehead atoms. The average Bonchev–Trinajstić information content (AvgIpc) is 2.86. The van der Waals surface area contributed by atoms with Crippen LogP contribution in [-0.2, 0) is 4.79 Å². The fraction of sp³-hybridized carbons (Fsp3) is 0.833. The fourth-order valence-electron chi connectivity index (χ4n) is 2.20. The highest BCUT2D eigenvalue weighted by Gasteiger charge is 2.26. The second-order valence-electron chi connectivity index (χ2n) is 4.67. The molecule has 1 fully saturated rings. The molecule has 0 heterocycles. The van der Waals surface area contributed by atoms with Gasteiger partial charge in [-0.3, -0.25) is 0 Å². The van der Waals surface area contributed by atoms with Gasteiger partial charge in [-0.05, 0) is 31.3 Å². The molecule has 1 atom stereocenters. The van der Waals surface area contributed by atoms with Crippen LogP contribution in [0.1, 0.15) is 32.1 Å². The van der Waals surface area contributed by atoms with Crippen LogP contribution >= 0.6 is 11.8 Å². The van der Waals surface area contributed by atoms with E-state index < -0.39 is 12.0 Å². The Morgan fingerprint density at radius 3 is 2.56 bits per heavy atom. The predicted molar refractivity (Wildman–Crippen MR) is 73.0 cm³/mol. The summed E-state index contributed by atoms with van der Waals surface area (Å²) in [7, 11) is 1.75. The fourth-order valence-corrected chi connectivity index (χ4v) is 2.67. The molecule has 2 amide bonds. The van der Waals surface area contributed by atoms with Crippen molar-refractivity contribution in [1.82, 2.24) is 10.2 Å². The minimum Gasteiger partial charge on any atom is -0.480 e. The molecule has 5 nitrogen and oxygen atoms in total. The molecule has 1 aliphatic rings. The Morgan fingerprint density at radius 1 is 1.44 bits per heavy atom. The number of aliphatic carboxylic acids is 1. The average molecular weight is 274 g/mol. The maximum atomic E-state index is 12.0. The molecule has 18 heavy (non-hydrogen) atoms. The summed E-state index contributed by atoms with van der Waals surface area (Å²) in [6.07, 6.45) is 6.72. The molecule has 0 aromatic heterocycles. The van der Waals surface area contributed by atoms with Crippen molar-refractivity contribution in [3.05, 3.63) is 0 Å². The first kappa shape index (κ1) is 15.1. The van der Waals surface area contributed by atoms with Gasteiger partial charge in [-0.1, -0.05) is 12.8 Å². The summed E-state index contributed by atoms with van der Waals surface area (Å²) in [5.41, 5.74) is 0. The normalized spacial score (nSPS) is 17.4. The van der Waals surface area contributed by atoms with Gasteiger partial charge in [-0.2, -0.15) is 11.8 Å². The van der Waals surface area contributed by atoms with E-state index in [4.69, 9.17) is 5.11 Å². The summed E-state index contributed by atoms with van der Waals surface area (Å²) < 4.78 is 0. The Bertz CT molecular complexity index is 293. The monoisotopic (exact) mass is 274 g/mol. The molecular formula is C12H22N2O3S. The molecule has 6 heteroatoms. The van der Waals surface area contributed by atoms with Gasteiger partial charge in [0, 0.05) is 13.1 Å². The van der Waals surface area contributed by atoms with Crippen molar-refractivity contribution >= 4 is 23.8 Å². The Morgan fingerprint density at radius 2 is 2.06 bits per heavy atom. The molecule has 2 N–H and O–H groups in total. The summed E-state index contributed by atoms with van der Waals surface area (Å²) in [6, 6.07) is -0.788. The van der Waals surface area contributed by atoms with E-state index in [0.29, 0.717) is 6.42 Å². The second kappa shape index (κ2) is 7.51. The summed E-state index contributed by atoms with van der Waals surface area (Å²) >= 11 is 1.58. The van der Waals surface area contributed by atoms with Gasteiger partial charge in [-0.25, -0.2) is 9.59 Å². The second-order valence-corrected chi connectivity index (χ2v) is 5.66. The first-order valence-electron chi connectivity index (χ1n) is 6.31. The molecule has 0 aromatic carbocycles. The molecular weight excluding hydrogens is 252 g/mol. The van der Waals surface area contributed by atoms with Crippen molar-refractivity contribution < 1.29 is 14.7 Å². The lowest BCUT2D eigenvalue weighted by atomic mass is 10.2. The zero-order valence-electron chi connectivity index (χ0n) is 11.0. The standard InChI is InChI=1S/C12H22N2O3S/c1-14(9-5-3-4-6-9)12(17)13-10(11(15)16)7-8-18-2/h9-10H,3-8H2,1-2H3,(H,13,17)(H,15,16). The zero-order chi connectivity index (χ0) is 13.5. The summed E-state index contributed by atoms with van der Waals surface area (Å²) in [5, 5.41) is 11.7. The number of hydrogen-bond donors (Lipinski definition) is 2. The van der Waals surface area contributed by atoms with E-state index in [1.807, 2.05) is 6.26 Å². The van der Waals surface area contributed by atoms with Crippen LogP contribution in [0.2, 0.25) is 0 Å². The molecule has 0 radical (unpaired) electrons. The maximum Gasteiger partial charge on any atom is 0.326 e. The van der Waals surface area contributed by atoms with Gasteiger partial charge < -0.3 is 15.3 Å². The third-order valence-electron chi connectivity index (χ3n) is 3.40. The highest BCUT2D eigenvalue weighted by atomic mass is 32.2. The Kier molecular flexibility index (Phi) is 6.32. The van der Waals surface area contributed by atoms with Crippen molar-refractivity contribution in [2.24, 2.45) is 0 Å². The first-order chi connectivity index (χ1) is 8.56. The number of urea groups is 1. The predicted octanol–water partition coefficient (Wildman–Crippen LogP) is 1.78. The van der Waals surface area contributed by atoms with Crippen LogP contribution < -0.4 is 5.32 Å². The minimum atomic E-state index is -0.961. The van der Waals surface area contributed by atoms with Gasteiger partial charge in [-0.15, -0.1) is 0 Å². The van der Waals surface area contributed by atoms with Crippen LogP contribution in [0.25, 0.3) is 0 Å². The van der Waals surface area contributed by atoms with Gasteiger partial charge in [0.15, 0.2) is 0 Å². The van der Waals surface area contributed by atoms with Crippen LogP contribution in [0, 0.1) is 0 Å². The molecule has 1 aliphatic carbocycles. The highest BCUT2D eigenvalue weighted by molar-refractivity contribution is 7.98. The Hall–Kier alpha value is -0.910. The minimum absolute atomic E-state index is 0.264. The van der Waals surface area contributed by atoms with E-state index in [1.54, 1.807) is 23.7 Å². The van der Waals surface area contributed by atoms with Gasteiger partial charge in [0.1, 0.15) is 6.04 Å². The third-order valence-corrected chi connectivity index (χ3v) is 4.04. The largest absolute Gasteiger partial charge is 0.480 e. The number of hydrogen-bond acceptors (Lipinski definition) is 3. The van der Waals surface area contributed by atoms with Crippen LogP contribution in [0.3, 0.4) is 0 Å². The van der Waals surface area contributed by atoms with Gasteiger partial charge in [0.25, 0.3) is 0 Å². The molecule has 0 spiro atoms. The molecule has 0 saturated heterocycles. The van der Waals surface area contributed by atoms with Gasteiger partial charge in [0.05, 0.1) is 0 Å². The smallest absolute Gasteiger partial charge is 0.326 e. The maximum absolute atomic E-state index is 12.0. The van der Waals surface area contributed by atoms with Crippen molar-refractivity contribution in [2.45, 2.75) is 44.2 Å². The Labute approximate surface area is 112 Å². The quantitative estimate of drug-likeness (QED) is 0.774. The lowest BCUT2D eigenvalue weighted by molar-refractivity contribution is -0.139. The topological polar surface area (TPSA) is 69.6 Å². The van der Waals surface area contributed by atoms with Crippen molar-refractivity contribution in [2.75, 3.05) is 19.1 Å². The van der Waals surface area contributed by atoms with Crippen molar-refractivity contribution in [1.29, 1.82) is 0 Å². The van der Waals surface area contributed by atoms with Crippen molar-refractivity contribution in [3.8, 4) is 0 Å². The lowest BCUT2D eigenvalue weighted by Crippen LogP contribution is -2.49. The number of carbonyl (C=O) groups is 2. The summed E-state index contributed by atoms with van der Waals surface area (Å²) in [4.78, 5) is 24.6. The zero-order valence-corrected chi connectivity index (χ0v) is 11.8. The molecule has 0 aromatic rings. The summed E-state index contributed by atoms with van der Waals surface area (Å²) in [5.74, 6) is -0.234. The number of nitrogens with one attached hydrogen (secondary N) is 1. The lowest BCUT2D eigenvalue weighted by Gasteiger charge is -2.26. The van der Waals surface area contributed by atoms with E-state index >= 15 is 0 Å². The highest BCUT2D eigenvalue weighted by Crippen LogP contribution is 2.22. The first-order valence-corrected chi connectivity index (χ1v) is 7.70. The number of rotatable bonds is 6. The number of carbonyl (C=O) groups excluding carboxylic acids is 1. The van der Waals surface area contributed by atoms with Crippen LogP contribution in [-0.4, -0.2) is 53.1 Å². The van der Waals surface area contributed by atoms with E-state index in [0.717, 1.165) is 31.4 Å². The SMILES string of the molecule is CSCCC(NC(=O)N(C)C1CCCC1)C(=O)O. The van der Waals surface area contributed by atoms with Crippen molar-refractivity contribution in [3.63, 3.8) is 0 Å². The molecule has 1 saturated carbocycles. The van der Waals surface area contributed by atoms with E-state index in [9.17, 15) is 9.59 Å². The van der Waals surface area contributed by atoms with Crippen LogP contribution in [0.5, 0.6) is 0 Å². The number of amides is 2. The van der Waals surface area contributed by atoms with Crippen LogP contribution in [0.15, 0.2) is 0 Å². The number of nitrogens with zero attached hydrogens (tertiary/aromatic N) is 1.